The molecule has 0 aromatic carbocycles. The lowest BCUT2D eigenvalue weighted by molar-refractivity contribution is -0.153. The molecule has 20 heavy (non-hydrogen) atoms. The number of aliphatic hydroxyl groups is 1. The molecule has 110 valence electrons. The van der Waals surface area contributed by atoms with Gasteiger partial charge in [-0.25, -0.2) is 4.52 Å². The fourth-order valence-electron chi connectivity index (χ4n) is 1.65. The Hall–Kier alpha value is -1.35. The molecule has 0 aliphatic rings. The summed E-state index contributed by atoms with van der Waals surface area (Å²) in [6.07, 6.45) is -4.44. The summed E-state index contributed by atoms with van der Waals surface area (Å²) in [6, 6.07) is 2.77. The number of pyridine rings is 1. The molecule has 0 saturated carbocycles. The van der Waals surface area contributed by atoms with Crippen LogP contribution in [0.5, 0.6) is 5.75 Å². The first-order chi connectivity index (χ1) is 9.08. The summed E-state index contributed by atoms with van der Waals surface area (Å²) < 4.78 is 42.7. The van der Waals surface area contributed by atoms with E-state index in [4.69, 9.17) is 4.74 Å². The van der Waals surface area contributed by atoms with E-state index in [1.807, 2.05) is 0 Å². The van der Waals surface area contributed by atoms with Crippen molar-refractivity contribution in [2.75, 3.05) is 6.61 Å². The molecule has 0 unspecified atom stereocenters. The number of hydrogen-bond acceptors (Lipinski definition) is 4. The van der Waals surface area contributed by atoms with Crippen molar-refractivity contribution in [3.8, 4) is 5.75 Å². The molecule has 0 aliphatic carbocycles. The van der Waals surface area contributed by atoms with Crippen molar-refractivity contribution in [1.29, 1.82) is 0 Å². The predicted octanol–water partition coefficient (Wildman–Crippen LogP) is 2.66. The second-order valence-corrected chi connectivity index (χ2v) is 5.37. The zero-order valence-corrected chi connectivity index (χ0v) is 12.2. The topological polar surface area (TPSA) is 59.7 Å². The molecule has 0 amide bonds. The molecule has 2 rings (SSSR count). The van der Waals surface area contributed by atoms with Gasteiger partial charge in [0.25, 0.3) is 0 Å². The molecule has 0 spiro atoms. The Balaban J connectivity index is 2.49. The normalized spacial score (nSPS) is 12.9. The van der Waals surface area contributed by atoms with E-state index < -0.39 is 18.4 Å². The van der Waals surface area contributed by atoms with Crippen LogP contribution in [-0.2, 0) is 5.60 Å². The maximum Gasteiger partial charge on any atom is 0.422 e. The molecule has 2 aromatic heterocycles. The highest BCUT2D eigenvalue weighted by Gasteiger charge is 2.30. The molecule has 0 saturated heterocycles. The van der Waals surface area contributed by atoms with E-state index in [9.17, 15) is 18.3 Å². The van der Waals surface area contributed by atoms with Gasteiger partial charge in [-0.2, -0.15) is 18.2 Å². The minimum atomic E-state index is -4.44. The van der Waals surface area contributed by atoms with Crippen LogP contribution in [0.4, 0.5) is 13.2 Å². The van der Waals surface area contributed by atoms with Crippen LogP contribution in [0, 0.1) is 0 Å². The van der Waals surface area contributed by atoms with Crippen molar-refractivity contribution in [3.63, 3.8) is 0 Å². The predicted molar refractivity (Wildman–Crippen MR) is 67.5 cm³/mol. The summed E-state index contributed by atoms with van der Waals surface area (Å²) >= 11 is 3.05. The lowest BCUT2D eigenvalue weighted by Gasteiger charge is -2.19. The van der Waals surface area contributed by atoms with E-state index in [0.717, 1.165) is 0 Å². The molecule has 0 fully saturated rings. The average molecular weight is 354 g/mol. The SMILES string of the molecule is CC(C)(O)c1ccc(OCC(F)(F)F)c2nc(Br)nn12. The highest BCUT2D eigenvalue weighted by molar-refractivity contribution is 9.10. The van der Waals surface area contributed by atoms with E-state index in [1.165, 1.54) is 30.5 Å². The van der Waals surface area contributed by atoms with Crippen LogP contribution in [-0.4, -0.2) is 32.5 Å². The highest BCUT2D eigenvalue weighted by Crippen LogP contribution is 2.28. The molecular weight excluding hydrogens is 343 g/mol. The Morgan fingerprint density at radius 2 is 2.00 bits per heavy atom. The van der Waals surface area contributed by atoms with Gasteiger partial charge in [-0.15, -0.1) is 5.10 Å². The molecule has 2 aromatic rings. The Bertz CT molecular complexity index is 634. The first-order valence-electron chi connectivity index (χ1n) is 5.55. The van der Waals surface area contributed by atoms with Gasteiger partial charge >= 0.3 is 6.18 Å². The van der Waals surface area contributed by atoms with E-state index in [0.29, 0.717) is 5.69 Å². The lowest BCUT2D eigenvalue weighted by atomic mass is 10.0. The number of aromatic nitrogens is 3. The van der Waals surface area contributed by atoms with Gasteiger partial charge in [0.1, 0.15) is 5.60 Å². The molecule has 0 radical (unpaired) electrons. The van der Waals surface area contributed by atoms with Crippen LogP contribution in [0.3, 0.4) is 0 Å². The Kier molecular flexibility index (Phi) is 3.67. The number of hydrogen-bond donors (Lipinski definition) is 1. The molecule has 9 heteroatoms. The minimum Gasteiger partial charge on any atom is -0.480 e. The summed E-state index contributed by atoms with van der Waals surface area (Å²) in [7, 11) is 0. The summed E-state index contributed by atoms with van der Waals surface area (Å²) in [5.74, 6) is -0.0616. The van der Waals surface area contributed by atoms with Crippen molar-refractivity contribution in [2.24, 2.45) is 0 Å². The fraction of sp³-hybridized carbons (Fsp3) is 0.455. The maximum absolute atomic E-state index is 12.2. The summed E-state index contributed by atoms with van der Waals surface area (Å²) in [5.41, 5.74) is -0.751. The Morgan fingerprint density at radius 3 is 2.55 bits per heavy atom. The molecule has 0 bridgehead atoms. The molecule has 0 atom stereocenters. The largest absolute Gasteiger partial charge is 0.480 e. The first-order valence-corrected chi connectivity index (χ1v) is 6.35. The number of halogens is 4. The van der Waals surface area contributed by atoms with Gasteiger partial charge in [-0.3, -0.25) is 0 Å². The first kappa shape index (κ1) is 15.0. The van der Waals surface area contributed by atoms with Crippen LogP contribution in [0.1, 0.15) is 19.5 Å². The summed E-state index contributed by atoms with van der Waals surface area (Å²) in [6.45, 7) is 1.65. The van der Waals surface area contributed by atoms with Crippen molar-refractivity contribution in [3.05, 3.63) is 22.6 Å². The minimum absolute atomic E-state index is 0.0616. The summed E-state index contributed by atoms with van der Waals surface area (Å²) in [4.78, 5) is 3.95. The van der Waals surface area contributed by atoms with Crippen LogP contribution < -0.4 is 4.74 Å². The summed E-state index contributed by atoms with van der Waals surface area (Å²) in [5, 5.41) is 14.0. The second-order valence-electron chi connectivity index (χ2n) is 4.66. The molecular formula is C11H11BrF3N3O2. The van der Waals surface area contributed by atoms with Gasteiger partial charge in [0, 0.05) is 0 Å². The Morgan fingerprint density at radius 1 is 1.35 bits per heavy atom. The monoisotopic (exact) mass is 353 g/mol. The molecule has 2 heterocycles. The average Bonchev–Trinajstić information content (AvgIpc) is 2.64. The fourth-order valence-corrected chi connectivity index (χ4v) is 1.98. The van der Waals surface area contributed by atoms with Crippen LogP contribution in [0.15, 0.2) is 16.9 Å². The van der Waals surface area contributed by atoms with E-state index in [1.54, 1.807) is 0 Å². The van der Waals surface area contributed by atoms with Gasteiger partial charge in [-0.1, -0.05) is 0 Å². The van der Waals surface area contributed by atoms with Gasteiger partial charge < -0.3 is 9.84 Å². The standard InChI is InChI=1S/C11H11BrF3N3O2/c1-10(2,19)7-4-3-6(20-5-11(13,14)15)8-16-9(12)17-18(7)8/h3-4,19H,5H2,1-2H3. The second kappa shape index (κ2) is 4.88. The third-order valence-corrected chi connectivity index (χ3v) is 2.78. The third-order valence-electron chi connectivity index (χ3n) is 2.44. The number of ether oxygens (including phenoxy) is 1. The zero-order valence-electron chi connectivity index (χ0n) is 10.6. The highest BCUT2D eigenvalue weighted by atomic mass is 79.9. The van der Waals surface area contributed by atoms with Crippen molar-refractivity contribution in [2.45, 2.75) is 25.6 Å². The van der Waals surface area contributed by atoms with Gasteiger partial charge in [0.2, 0.25) is 4.73 Å². The van der Waals surface area contributed by atoms with Gasteiger partial charge in [0.05, 0.1) is 5.69 Å². The van der Waals surface area contributed by atoms with Gasteiger partial charge in [-0.05, 0) is 41.9 Å². The van der Waals surface area contributed by atoms with Crippen LogP contribution in [0.25, 0.3) is 5.65 Å². The lowest BCUT2D eigenvalue weighted by Crippen LogP contribution is -2.22. The smallest absolute Gasteiger partial charge is 0.422 e. The molecule has 0 aliphatic heterocycles. The van der Waals surface area contributed by atoms with Crippen LogP contribution in [0.2, 0.25) is 0 Å². The van der Waals surface area contributed by atoms with E-state index >= 15 is 0 Å². The van der Waals surface area contributed by atoms with Crippen molar-refractivity contribution in [1.82, 2.24) is 14.6 Å². The maximum atomic E-state index is 12.2. The molecule has 5 nitrogen and oxygen atoms in total. The van der Waals surface area contributed by atoms with E-state index in [2.05, 4.69) is 26.0 Å². The Labute approximate surface area is 120 Å². The van der Waals surface area contributed by atoms with Gasteiger partial charge in [0.15, 0.2) is 18.0 Å². The molecule has 1 N–H and O–H groups in total. The number of fused-ring (bicyclic) bond motifs is 1. The van der Waals surface area contributed by atoms with Crippen molar-refractivity contribution < 1.29 is 23.0 Å². The zero-order chi connectivity index (χ0) is 15.1. The number of alkyl halides is 3. The number of rotatable bonds is 3. The quantitative estimate of drug-likeness (QED) is 0.921. The third kappa shape index (κ3) is 3.21. The number of nitrogens with zero attached hydrogens (tertiary/aromatic N) is 3. The van der Waals surface area contributed by atoms with Crippen LogP contribution >= 0.6 is 15.9 Å². The van der Waals surface area contributed by atoms with E-state index in [-0.39, 0.29) is 16.1 Å². The van der Waals surface area contributed by atoms with Crippen molar-refractivity contribution >= 4 is 21.6 Å².